The predicted octanol–water partition coefficient (Wildman–Crippen LogP) is 3.12. The summed E-state index contributed by atoms with van der Waals surface area (Å²) in [6.45, 7) is 0. The fraction of sp³-hybridized carbons (Fsp3) is 0. The molecule has 2 aromatic carbocycles. The molecule has 3 rings (SSSR count). The Labute approximate surface area is 108 Å². The van der Waals surface area contributed by atoms with Crippen LogP contribution in [0, 0.1) is 5.82 Å². The van der Waals surface area contributed by atoms with Crippen molar-refractivity contribution in [2.75, 3.05) is 5.73 Å². The molecular formula is C14H10FN3O. The highest BCUT2D eigenvalue weighted by atomic mass is 19.1. The third-order valence-corrected chi connectivity index (χ3v) is 2.64. The maximum atomic E-state index is 13.1. The summed E-state index contributed by atoms with van der Waals surface area (Å²) in [5.41, 5.74) is 7.62. The van der Waals surface area contributed by atoms with Crippen molar-refractivity contribution in [3.05, 3.63) is 54.3 Å². The number of nitrogens with two attached hydrogens (primary N) is 1. The summed E-state index contributed by atoms with van der Waals surface area (Å²) in [7, 11) is 0. The molecule has 94 valence electrons. The minimum Gasteiger partial charge on any atom is -0.399 e. The molecule has 0 radical (unpaired) electrons. The lowest BCUT2D eigenvalue weighted by molar-refractivity contribution is 0.432. The predicted molar refractivity (Wildman–Crippen MR) is 69.5 cm³/mol. The topological polar surface area (TPSA) is 64.9 Å². The molecule has 1 aromatic heterocycles. The fourth-order valence-corrected chi connectivity index (χ4v) is 1.76. The highest BCUT2D eigenvalue weighted by molar-refractivity contribution is 5.63. The first-order valence-electron chi connectivity index (χ1n) is 5.68. The minimum absolute atomic E-state index is 0.275. The van der Waals surface area contributed by atoms with Crippen LogP contribution in [0.1, 0.15) is 0 Å². The Morgan fingerprint density at radius 1 is 1.00 bits per heavy atom. The molecule has 0 atom stereocenters. The van der Waals surface area contributed by atoms with E-state index in [1.165, 1.54) is 12.1 Å². The van der Waals surface area contributed by atoms with Crippen LogP contribution in [-0.4, -0.2) is 10.1 Å². The van der Waals surface area contributed by atoms with Gasteiger partial charge in [-0.2, -0.15) is 4.98 Å². The van der Waals surface area contributed by atoms with Gasteiger partial charge in [-0.25, -0.2) is 4.39 Å². The molecule has 19 heavy (non-hydrogen) atoms. The van der Waals surface area contributed by atoms with Gasteiger partial charge >= 0.3 is 0 Å². The maximum absolute atomic E-state index is 13.1. The SMILES string of the molecule is Nc1cccc(-c2noc(-c3cccc(F)c3)n2)c1. The molecule has 0 aliphatic rings. The molecular weight excluding hydrogens is 245 g/mol. The number of hydrogen-bond donors (Lipinski definition) is 1. The molecule has 0 aliphatic carbocycles. The van der Waals surface area contributed by atoms with Gasteiger partial charge in [-0.15, -0.1) is 0 Å². The number of rotatable bonds is 2. The van der Waals surface area contributed by atoms with Crippen molar-refractivity contribution in [1.82, 2.24) is 10.1 Å². The van der Waals surface area contributed by atoms with Gasteiger partial charge in [0, 0.05) is 16.8 Å². The summed E-state index contributed by atoms with van der Waals surface area (Å²) in [6, 6.07) is 13.2. The zero-order valence-electron chi connectivity index (χ0n) is 9.88. The van der Waals surface area contributed by atoms with E-state index in [4.69, 9.17) is 10.3 Å². The number of anilines is 1. The van der Waals surface area contributed by atoms with E-state index in [0.29, 0.717) is 17.1 Å². The summed E-state index contributed by atoms with van der Waals surface area (Å²) in [4.78, 5) is 4.23. The second kappa shape index (κ2) is 4.53. The monoisotopic (exact) mass is 255 g/mol. The van der Waals surface area contributed by atoms with E-state index in [9.17, 15) is 4.39 Å². The maximum Gasteiger partial charge on any atom is 0.258 e. The summed E-state index contributed by atoms with van der Waals surface area (Å²) in [5, 5.41) is 3.87. The molecule has 0 saturated carbocycles. The average Bonchev–Trinajstić information content (AvgIpc) is 2.88. The van der Waals surface area contributed by atoms with Crippen LogP contribution in [-0.2, 0) is 0 Å². The van der Waals surface area contributed by atoms with Gasteiger partial charge in [0.25, 0.3) is 5.89 Å². The number of hydrogen-bond acceptors (Lipinski definition) is 4. The van der Waals surface area contributed by atoms with Crippen LogP contribution in [0.5, 0.6) is 0 Å². The second-order valence-corrected chi connectivity index (χ2v) is 4.06. The van der Waals surface area contributed by atoms with E-state index >= 15 is 0 Å². The smallest absolute Gasteiger partial charge is 0.258 e. The van der Waals surface area contributed by atoms with E-state index in [1.807, 2.05) is 12.1 Å². The van der Waals surface area contributed by atoms with Crippen molar-refractivity contribution in [3.8, 4) is 22.8 Å². The number of halogens is 1. The van der Waals surface area contributed by atoms with Gasteiger partial charge in [0.2, 0.25) is 5.82 Å². The number of nitrogen functional groups attached to an aromatic ring is 1. The van der Waals surface area contributed by atoms with Crippen LogP contribution in [0.25, 0.3) is 22.8 Å². The van der Waals surface area contributed by atoms with Crippen LogP contribution < -0.4 is 5.73 Å². The summed E-state index contributed by atoms with van der Waals surface area (Å²) >= 11 is 0. The lowest BCUT2D eigenvalue weighted by Gasteiger charge is -1.95. The lowest BCUT2D eigenvalue weighted by Crippen LogP contribution is -1.86. The van der Waals surface area contributed by atoms with Crippen LogP contribution in [0.15, 0.2) is 53.1 Å². The summed E-state index contributed by atoms with van der Waals surface area (Å²) in [6.07, 6.45) is 0. The van der Waals surface area contributed by atoms with E-state index < -0.39 is 0 Å². The third-order valence-electron chi connectivity index (χ3n) is 2.64. The summed E-state index contributed by atoms with van der Waals surface area (Å²) < 4.78 is 18.3. The van der Waals surface area contributed by atoms with Gasteiger partial charge in [-0.1, -0.05) is 23.4 Å². The highest BCUT2D eigenvalue weighted by Gasteiger charge is 2.11. The largest absolute Gasteiger partial charge is 0.399 e. The normalized spacial score (nSPS) is 10.6. The molecule has 4 nitrogen and oxygen atoms in total. The minimum atomic E-state index is -0.346. The van der Waals surface area contributed by atoms with E-state index in [-0.39, 0.29) is 11.7 Å². The third kappa shape index (κ3) is 2.30. The first-order chi connectivity index (χ1) is 9.22. The lowest BCUT2D eigenvalue weighted by atomic mass is 10.2. The Hall–Kier alpha value is -2.69. The summed E-state index contributed by atoms with van der Waals surface area (Å²) in [5.74, 6) is 0.352. The van der Waals surface area contributed by atoms with Gasteiger partial charge in [-0.05, 0) is 30.3 Å². The highest BCUT2D eigenvalue weighted by Crippen LogP contribution is 2.23. The molecule has 1 heterocycles. The van der Waals surface area contributed by atoms with E-state index in [1.54, 1.807) is 24.3 Å². The molecule has 0 aliphatic heterocycles. The number of nitrogens with zero attached hydrogens (tertiary/aromatic N) is 2. The van der Waals surface area contributed by atoms with Gasteiger partial charge in [0.1, 0.15) is 5.82 Å². The quantitative estimate of drug-likeness (QED) is 0.714. The van der Waals surface area contributed by atoms with Gasteiger partial charge < -0.3 is 10.3 Å². The van der Waals surface area contributed by atoms with Gasteiger partial charge in [-0.3, -0.25) is 0 Å². The molecule has 0 fully saturated rings. The second-order valence-electron chi connectivity index (χ2n) is 4.06. The Morgan fingerprint density at radius 3 is 2.58 bits per heavy atom. The average molecular weight is 255 g/mol. The van der Waals surface area contributed by atoms with Crippen molar-refractivity contribution >= 4 is 5.69 Å². The van der Waals surface area contributed by atoms with Crippen LogP contribution in [0.3, 0.4) is 0 Å². The van der Waals surface area contributed by atoms with Gasteiger partial charge in [0.05, 0.1) is 0 Å². The standard InChI is InChI=1S/C14H10FN3O/c15-11-5-1-4-10(7-11)14-17-13(18-19-14)9-3-2-6-12(16)8-9/h1-8H,16H2. The Balaban J connectivity index is 2.00. The molecule has 0 unspecified atom stereocenters. The van der Waals surface area contributed by atoms with Crippen molar-refractivity contribution in [2.45, 2.75) is 0 Å². The van der Waals surface area contributed by atoms with E-state index in [0.717, 1.165) is 5.56 Å². The molecule has 0 spiro atoms. The van der Waals surface area contributed by atoms with Crippen molar-refractivity contribution in [2.24, 2.45) is 0 Å². The first-order valence-corrected chi connectivity index (χ1v) is 5.68. The molecule has 0 bridgehead atoms. The van der Waals surface area contributed by atoms with Crippen LogP contribution >= 0.6 is 0 Å². The fourth-order valence-electron chi connectivity index (χ4n) is 1.76. The molecule has 0 amide bonds. The Kier molecular flexibility index (Phi) is 2.72. The van der Waals surface area contributed by atoms with Gasteiger partial charge in [0.15, 0.2) is 0 Å². The number of aromatic nitrogens is 2. The molecule has 2 N–H and O–H groups in total. The first kappa shape index (κ1) is 11.4. The molecule has 3 aromatic rings. The number of benzene rings is 2. The molecule has 5 heteroatoms. The van der Waals surface area contributed by atoms with Crippen LogP contribution in [0.4, 0.5) is 10.1 Å². The van der Waals surface area contributed by atoms with E-state index in [2.05, 4.69) is 10.1 Å². The van der Waals surface area contributed by atoms with Crippen molar-refractivity contribution in [3.63, 3.8) is 0 Å². The van der Waals surface area contributed by atoms with Crippen molar-refractivity contribution in [1.29, 1.82) is 0 Å². The Bertz CT molecular complexity index is 664. The van der Waals surface area contributed by atoms with Crippen LogP contribution in [0.2, 0.25) is 0 Å². The zero-order valence-corrected chi connectivity index (χ0v) is 9.88. The molecule has 0 saturated heterocycles. The van der Waals surface area contributed by atoms with Crippen molar-refractivity contribution < 1.29 is 8.91 Å². The Morgan fingerprint density at radius 2 is 1.79 bits per heavy atom. The zero-order chi connectivity index (χ0) is 13.2.